The average molecular weight is 628 g/mol. The molecule has 1 aliphatic rings. The van der Waals surface area contributed by atoms with Gasteiger partial charge in [0.2, 0.25) is 0 Å². The van der Waals surface area contributed by atoms with E-state index in [0.717, 1.165) is 41.9 Å². The summed E-state index contributed by atoms with van der Waals surface area (Å²) < 4.78 is 37.1. The van der Waals surface area contributed by atoms with Crippen molar-refractivity contribution in [3.8, 4) is 16.2 Å². The van der Waals surface area contributed by atoms with E-state index in [0.29, 0.717) is 22.8 Å². The van der Waals surface area contributed by atoms with Crippen molar-refractivity contribution >= 4 is 41.8 Å². The van der Waals surface area contributed by atoms with Crippen molar-refractivity contribution in [2.75, 3.05) is 12.4 Å². The van der Waals surface area contributed by atoms with Gasteiger partial charge in [-0.2, -0.15) is 18.3 Å². The van der Waals surface area contributed by atoms with E-state index in [1.807, 2.05) is 27.0 Å². The molecule has 1 fully saturated rings. The number of alkyl halides is 3. The van der Waals surface area contributed by atoms with Crippen molar-refractivity contribution in [1.82, 2.24) is 20.5 Å². The summed E-state index contributed by atoms with van der Waals surface area (Å²) in [6, 6.07) is 6.98. The van der Waals surface area contributed by atoms with Gasteiger partial charge in [0, 0.05) is 42.5 Å². The van der Waals surface area contributed by atoms with E-state index in [1.165, 1.54) is 17.4 Å². The Morgan fingerprint density at radius 3 is 2.51 bits per heavy atom. The van der Waals surface area contributed by atoms with E-state index < -0.39 is 12.1 Å². The molecule has 4 rings (SSSR count). The highest BCUT2D eigenvalue weighted by atomic mass is 32.1. The summed E-state index contributed by atoms with van der Waals surface area (Å²) in [5.41, 5.74) is 1.99. The molecule has 0 bridgehead atoms. The molecule has 0 aliphatic heterocycles. The summed E-state index contributed by atoms with van der Waals surface area (Å²) >= 11 is 1.34. The van der Waals surface area contributed by atoms with Gasteiger partial charge in [0.1, 0.15) is 29.0 Å². The lowest BCUT2D eigenvalue weighted by atomic mass is 10.0. The average Bonchev–Trinajstić information content (AvgIpc) is 3.70. The molecule has 1 aliphatic carbocycles. The number of aromatic hydroxyl groups is 1. The van der Waals surface area contributed by atoms with E-state index in [-0.39, 0.29) is 36.0 Å². The maximum Gasteiger partial charge on any atom is 0.490 e. The molecule has 0 spiro atoms. The number of phenols is 1. The zero-order valence-electron chi connectivity index (χ0n) is 23.5. The third kappa shape index (κ3) is 11.0. The summed E-state index contributed by atoms with van der Waals surface area (Å²) in [4.78, 5) is 46.6. The minimum atomic E-state index is -5.08. The van der Waals surface area contributed by atoms with Gasteiger partial charge in [-0.1, -0.05) is 12.1 Å². The Kier molecular flexibility index (Phi) is 13.1. The summed E-state index contributed by atoms with van der Waals surface area (Å²) in [5.74, 6) is -1.57. The Labute approximate surface area is 248 Å². The Hall–Kier alpha value is -4.47. The van der Waals surface area contributed by atoms with Crippen molar-refractivity contribution < 1.29 is 47.3 Å². The highest BCUT2D eigenvalue weighted by Gasteiger charge is 2.38. The van der Waals surface area contributed by atoms with Crippen LogP contribution in [0, 0.1) is 0 Å². The van der Waals surface area contributed by atoms with Crippen LogP contribution >= 0.6 is 11.3 Å². The van der Waals surface area contributed by atoms with Crippen LogP contribution in [0.1, 0.15) is 60.1 Å². The van der Waals surface area contributed by atoms with Gasteiger partial charge in [-0.05, 0) is 39.2 Å². The van der Waals surface area contributed by atoms with Gasteiger partial charge in [0.25, 0.3) is 0 Å². The third-order valence-electron chi connectivity index (χ3n) is 5.88. The van der Waals surface area contributed by atoms with Crippen LogP contribution in [0.4, 0.5) is 23.8 Å². The molecule has 234 valence electrons. The second-order valence-corrected chi connectivity index (χ2v) is 10.6. The molecule has 5 N–H and O–H groups in total. The molecule has 1 amide bonds. The fourth-order valence-corrected chi connectivity index (χ4v) is 4.82. The monoisotopic (exact) mass is 627 g/mol. The van der Waals surface area contributed by atoms with Gasteiger partial charge in [-0.25, -0.2) is 14.6 Å². The number of thiazole rings is 1. The molecule has 2 atom stereocenters. The number of phenolic OH excluding ortho intramolecular Hbond substituents is 1. The fraction of sp³-hybridized carbons (Fsp3) is 0.407. The zero-order valence-corrected chi connectivity index (χ0v) is 24.3. The Morgan fingerprint density at radius 1 is 1.26 bits per heavy atom. The number of halogens is 3. The van der Waals surface area contributed by atoms with Crippen molar-refractivity contribution in [3.63, 3.8) is 0 Å². The maximum atomic E-state index is 11.5. The predicted octanol–water partition coefficient (Wildman–Crippen LogP) is 4.93. The number of hydrogen-bond acceptors (Lipinski definition) is 10. The van der Waals surface area contributed by atoms with Gasteiger partial charge in [0.15, 0.2) is 6.29 Å². The number of H-pyrrole nitrogens is 1. The molecule has 1 saturated carbocycles. The van der Waals surface area contributed by atoms with Crippen LogP contribution in [0.2, 0.25) is 0 Å². The third-order valence-corrected chi connectivity index (χ3v) is 6.93. The van der Waals surface area contributed by atoms with E-state index >= 15 is 0 Å². The molecule has 2 aromatic heterocycles. The second kappa shape index (κ2) is 16.2. The SMILES string of the molecule is CNc1cc(C2CCC(OC(=O)NC(C)C)C2)[nH]n1.O=C(O)C(F)(F)F.O=CCc1ncc(-c2cccc(O)c2C=O)s1. The van der Waals surface area contributed by atoms with Crippen LogP contribution in [-0.4, -0.2) is 75.4 Å². The number of rotatable bonds is 8. The summed E-state index contributed by atoms with van der Waals surface area (Å²) in [6.45, 7) is 3.84. The Bertz CT molecular complexity index is 1380. The molecule has 2 heterocycles. The number of nitrogens with one attached hydrogen (secondary N) is 3. The molecule has 16 heteroatoms. The first kappa shape index (κ1) is 34.7. The summed E-state index contributed by atoms with van der Waals surface area (Å²) in [7, 11) is 1.84. The second-order valence-electron chi connectivity index (χ2n) is 9.44. The molecule has 3 aromatic rings. The Morgan fingerprint density at radius 2 is 1.95 bits per heavy atom. The van der Waals surface area contributed by atoms with E-state index in [4.69, 9.17) is 14.6 Å². The minimum Gasteiger partial charge on any atom is -0.507 e. The number of carboxylic acid groups (broad SMARTS) is 1. The molecule has 2 unspecified atom stereocenters. The van der Waals surface area contributed by atoms with Crippen LogP contribution in [0.25, 0.3) is 10.4 Å². The van der Waals surface area contributed by atoms with Crippen LogP contribution in [0.5, 0.6) is 5.75 Å². The number of ether oxygens (including phenoxy) is 1. The first-order chi connectivity index (χ1) is 20.3. The first-order valence-electron chi connectivity index (χ1n) is 12.9. The first-order valence-corrected chi connectivity index (χ1v) is 13.8. The number of nitrogens with zero attached hydrogens (tertiary/aromatic N) is 2. The van der Waals surface area contributed by atoms with E-state index in [1.54, 1.807) is 18.3 Å². The van der Waals surface area contributed by atoms with Gasteiger partial charge in [0.05, 0.1) is 16.9 Å². The number of carbonyl (C=O) groups is 4. The lowest BCUT2D eigenvalue weighted by Crippen LogP contribution is -2.33. The van der Waals surface area contributed by atoms with Crippen LogP contribution in [0.15, 0.2) is 30.5 Å². The molecular formula is C27H32F3N5O7S. The topological polar surface area (TPSA) is 184 Å². The number of aldehydes is 2. The number of alkyl carbamates (subject to hydrolysis) is 1. The minimum absolute atomic E-state index is 0.00471. The molecule has 12 nitrogen and oxygen atoms in total. The molecule has 1 aromatic carbocycles. The molecule has 43 heavy (non-hydrogen) atoms. The number of carboxylic acids is 1. The molecular weight excluding hydrogens is 595 g/mol. The summed E-state index contributed by atoms with van der Waals surface area (Å²) in [5, 5.41) is 30.3. The molecule has 0 radical (unpaired) electrons. The lowest BCUT2D eigenvalue weighted by molar-refractivity contribution is -0.192. The van der Waals surface area contributed by atoms with Gasteiger partial charge in [-0.3, -0.25) is 9.89 Å². The van der Waals surface area contributed by atoms with Gasteiger partial charge >= 0.3 is 18.2 Å². The highest BCUT2D eigenvalue weighted by Crippen LogP contribution is 2.36. The standard InChI is InChI=1S/C13H22N4O2.C12H9NO3S.C2HF3O2/c1-8(2)15-13(18)19-10-5-4-9(6-10)11-7-12(14-3)17-16-11;14-5-4-12-13-6-11(17-12)8-2-1-3-10(16)9(8)7-15;3-2(4,5)1(6)7/h7-10H,4-6H2,1-3H3,(H,15,18)(H2,14,16,17);1-3,5-7,16H,4H2;(H,6,7). The van der Waals surface area contributed by atoms with Crippen LogP contribution in [-0.2, 0) is 20.7 Å². The lowest BCUT2D eigenvalue weighted by Gasteiger charge is -2.14. The number of amides is 1. The number of aromatic amines is 1. The normalized spacial score (nSPS) is 15.8. The quantitative estimate of drug-likeness (QED) is 0.215. The number of anilines is 1. The molecule has 0 saturated heterocycles. The van der Waals surface area contributed by atoms with E-state index in [9.17, 15) is 32.7 Å². The Balaban J connectivity index is 0.000000248. The van der Waals surface area contributed by atoms with E-state index in [2.05, 4.69) is 25.8 Å². The predicted molar refractivity (Wildman–Crippen MR) is 151 cm³/mol. The van der Waals surface area contributed by atoms with Crippen molar-refractivity contribution in [2.45, 2.75) is 63.8 Å². The number of aliphatic carboxylic acids is 1. The maximum absolute atomic E-state index is 11.5. The number of hydrogen-bond donors (Lipinski definition) is 5. The number of benzene rings is 1. The van der Waals surface area contributed by atoms with Crippen LogP contribution in [0.3, 0.4) is 0 Å². The van der Waals surface area contributed by atoms with Gasteiger partial charge in [-0.15, -0.1) is 11.3 Å². The summed E-state index contributed by atoms with van der Waals surface area (Å²) in [6.07, 6.45) is 0.651. The van der Waals surface area contributed by atoms with Gasteiger partial charge < -0.3 is 30.4 Å². The number of carbonyl (C=O) groups excluding carboxylic acids is 3. The van der Waals surface area contributed by atoms with Crippen molar-refractivity contribution in [3.05, 3.63) is 46.7 Å². The van der Waals surface area contributed by atoms with Crippen molar-refractivity contribution in [1.29, 1.82) is 0 Å². The smallest absolute Gasteiger partial charge is 0.490 e. The number of aromatic nitrogens is 3. The fourth-order valence-electron chi connectivity index (χ4n) is 3.92. The zero-order chi connectivity index (χ0) is 32.2. The largest absolute Gasteiger partial charge is 0.507 e. The van der Waals surface area contributed by atoms with Crippen LogP contribution < -0.4 is 10.6 Å². The van der Waals surface area contributed by atoms with Crippen molar-refractivity contribution in [2.24, 2.45) is 0 Å². The highest BCUT2D eigenvalue weighted by molar-refractivity contribution is 7.15.